The molecule has 1 aliphatic rings. The minimum Gasteiger partial charge on any atom is -0.322 e. The van der Waals surface area contributed by atoms with Gasteiger partial charge in [-0.25, -0.2) is 4.99 Å². The fourth-order valence-electron chi connectivity index (χ4n) is 2.16. The second-order valence-electron chi connectivity index (χ2n) is 4.57. The fourth-order valence-corrected chi connectivity index (χ4v) is 2.16. The number of rotatable bonds is 2. The molecular weight excluding hydrogens is 228 g/mol. The Labute approximate surface area is 107 Å². The quantitative estimate of drug-likeness (QED) is 0.633. The molecule has 0 aliphatic carbocycles. The average Bonchev–Trinajstić information content (AvgIpc) is 2.85. The van der Waals surface area contributed by atoms with E-state index in [1.165, 1.54) is 0 Å². The number of aliphatic imine (C=N–C) groups is 2. The Balaban J connectivity index is 1.99. The molecule has 1 aromatic rings. The van der Waals surface area contributed by atoms with Crippen molar-refractivity contribution in [1.29, 1.82) is 0 Å². The van der Waals surface area contributed by atoms with Crippen LogP contribution in [0.15, 0.2) is 22.4 Å². The first-order valence-electron chi connectivity index (χ1n) is 6.16. The van der Waals surface area contributed by atoms with E-state index in [1.807, 2.05) is 10.9 Å². The van der Waals surface area contributed by atoms with Gasteiger partial charge in [0.05, 0.1) is 17.9 Å². The van der Waals surface area contributed by atoms with E-state index in [1.54, 1.807) is 13.2 Å². The molecule has 0 saturated carbocycles. The molecule has 2 heterocycles. The maximum absolute atomic E-state index is 4.41. The highest BCUT2D eigenvalue weighted by molar-refractivity contribution is 5.96. The van der Waals surface area contributed by atoms with Crippen LogP contribution in [0.1, 0.15) is 18.9 Å². The largest absolute Gasteiger partial charge is 0.322 e. The lowest BCUT2D eigenvalue weighted by Crippen LogP contribution is -2.31. The van der Waals surface area contributed by atoms with E-state index in [4.69, 9.17) is 0 Å². The minimum atomic E-state index is 0.496. The molecule has 0 radical (unpaired) electrons. The summed E-state index contributed by atoms with van der Waals surface area (Å²) in [6, 6.07) is 0.496. The molecule has 0 bridgehead atoms. The lowest BCUT2D eigenvalue weighted by atomic mass is 10.1. The number of hydrogen-bond acceptors (Lipinski definition) is 3. The van der Waals surface area contributed by atoms with Gasteiger partial charge in [-0.05, 0) is 39.7 Å². The van der Waals surface area contributed by atoms with Gasteiger partial charge < -0.3 is 10.2 Å². The molecule has 6 heteroatoms. The normalized spacial score (nSPS) is 18.9. The van der Waals surface area contributed by atoms with Crippen LogP contribution < -0.4 is 5.32 Å². The van der Waals surface area contributed by atoms with Crippen LogP contribution in [0.5, 0.6) is 0 Å². The minimum absolute atomic E-state index is 0.496. The van der Waals surface area contributed by atoms with E-state index < -0.39 is 0 Å². The first-order valence-corrected chi connectivity index (χ1v) is 6.16. The predicted octanol–water partition coefficient (Wildman–Crippen LogP) is 1.25. The van der Waals surface area contributed by atoms with E-state index >= 15 is 0 Å². The lowest BCUT2D eigenvalue weighted by Gasteiger charge is -2.28. The number of piperidine rings is 1. The van der Waals surface area contributed by atoms with Crippen molar-refractivity contribution in [3.8, 4) is 0 Å². The molecule has 1 saturated heterocycles. The molecule has 6 nitrogen and oxygen atoms in total. The van der Waals surface area contributed by atoms with Crippen molar-refractivity contribution in [3.05, 3.63) is 12.4 Å². The van der Waals surface area contributed by atoms with E-state index in [0.29, 0.717) is 12.0 Å². The van der Waals surface area contributed by atoms with Gasteiger partial charge in [-0.2, -0.15) is 5.10 Å². The van der Waals surface area contributed by atoms with Gasteiger partial charge in [0.2, 0.25) is 5.96 Å². The first-order chi connectivity index (χ1) is 8.72. The second kappa shape index (κ2) is 5.77. The molecule has 0 aromatic carbocycles. The van der Waals surface area contributed by atoms with Crippen LogP contribution in [-0.2, 0) is 0 Å². The van der Waals surface area contributed by atoms with Gasteiger partial charge >= 0.3 is 0 Å². The summed E-state index contributed by atoms with van der Waals surface area (Å²) in [7, 11) is 3.84. The van der Waals surface area contributed by atoms with Crippen LogP contribution in [0.25, 0.3) is 0 Å². The van der Waals surface area contributed by atoms with Crippen molar-refractivity contribution >= 4 is 18.4 Å². The molecule has 2 rings (SSSR count). The van der Waals surface area contributed by atoms with Crippen LogP contribution >= 0.6 is 0 Å². The third-order valence-electron chi connectivity index (χ3n) is 3.28. The highest BCUT2D eigenvalue weighted by atomic mass is 15.3. The number of aromatic nitrogens is 2. The summed E-state index contributed by atoms with van der Waals surface area (Å²) in [6.45, 7) is 5.71. The summed E-state index contributed by atoms with van der Waals surface area (Å²) < 4.78 is 2.03. The Morgan fingerprint density at radius 3 is 2.83 bits per heavy atom. The molecule has 0 amide bonds. The summed E-state index contributed by atoms with van der Waals surface area (Å²) in [4.78, 5) is 10.1. The second-order valence-corrected chi connectivity index (χ2v) is 4.57. The Kier molecular flexibility index (Phi) is 4.09. The lowest BCUT2D eigenvalue weighted by molar-refractivity contribution is 0.212. The van der Waals surface area contributed by atoms with Crippen molar-refractivity contribution in [2.75, 3.05) is 32.5 Å². The van der Waals surface area contributed by atoms with Crippen LogP contribution in [0.3, 0.4) is 0 Å². The SMILES string of the molecule is C=N/C(=N\C)Nc1cnn(C2CCN(C)CC2)c1. The highest BCUT2D eigenvalue weighted by Crippen LogP contribution is 2.22. The summed E-state index contributed by atoms with van der Waals surface area (Å²) in [5, 5.41) is 7.48. The van der Waals surface area contributed by atoms with Crippen molar-refractivity contribution in [2.24, 2.45) is 9.98 Å². The molecule has 0 unspecified atom stereocenters. The topological polar surface area (TPSA) is 57.8 Å². The van der Waals surface area contributed by atoms with Gasteiger partial charge in [-0.3, -0.25) is 9.67 Å². The van der Waals surface area contributed by atoms with Gasteiger partial charge in [0.25, 0.3) is 0 Å². The zero-order valence-electron chi connectivity index (χ0n) is 11.0. The number of hydrogen-bond donors (Lipinski definition) is 1. The smallest absolute Gasteiger partial charge is 0.221 e. The maximum Gasteiger partial charge on any atom is 0.221 e. The molecule has 0 atom stereocenters. The summed E-state index contributed by atoms with van der Waals surface area (Å²) in [6.07, 6.45) is 6.10. The van der Waals surface area contributed by atoms with Crippen molar-refractivity contribution in [1.82, 2.24) is 14.7 Å². The molecule has 98 valence electrons. The molecule has 1 aliphatic heterocycles. The Hall–Kier alpha value is -1.69. The van der Waals surface area contributed by atoms with Crippen LogP contribution in [0, 0.1) is 0 Å². The highest BCUT2D eigenvalue weighted by Gasteiger charge is 2.18. The molecular formula is C12H20N6. The Morgan fingerprint density at radius 1 is 1.50 bits per heavy atom. The monoisotopic (exact) mass is 248 g/mol. The number of likely N-dealkylation sites (tertiary alicyclic amines) is 1. The van der Waals surface area contributed by atoms with Crippen molar-refractivity contribution < 1.29 is 0 Å². The zero-order chi connectivity index (χ0) is 13.0. The van der Waals surface area contributed by atoms with Gasteiger partial charge in [0.1, 0.15) is 0 Å². The number of anilines is 1. The average molecular weight is 248 g/mol. The molecule has 18 heavy (non-hydrogen) atoms. The third kappa shape index (κ3) is 2.95. The molecule has 0 spiro atoms. The zero-order valence-corrected chi connectivity index (χ0v) is 11.0. The number of nitrogens with zero attached hydrogens (tertiary/aromatic N) is 5. The van der Waals surface area contributed by atoms with Crippen LogP contribution in [0.2, 0.25) is 0 Å². The van der Waals surface area contributed by atoms with Crippen molar-refractivity contribution in [3.63, 3.8) is 0 Å². The Bertz CT molecular complexity index is 428. The standard InChI is InChI=1S/C12H20N6/c1-13-12(14-2)16-10-8-15-18(9-10)11-4-6-17(3)7-5-11/h8-9,11H,1,4-7H2,2-3H3,(H,14,16). The molecule has 1 aromatic heterocycles. The maximum atomic E-state index is 4.41. The number of nitrogens with one attached hydrogen (secondary N) is 1. The van der Waals surface area contributed by atoms with E-state index in [0.717, 1.165) is 31.6 Å². The van der Waals surface area contributed by atoms with E-state index in [9.17, 15) is 0 Å². The Morgan fingerprint density at radius 2 is 2.22 bits per heavy atom. The van der Waals surface area contributed by atoms with Gasteiger partial charge in [0.15, 0.2) is 0 Å². The van der Waals surface area contributed by atoms with Crippen LogP contribution in [0.4, 0.5) is 5.69 Å². The van der Waals surface area contributed by atoms with Crippen molar-refractivity contribution in [2.45, 2.75) is 18.9 Å². The van der Waals surface area contributed by atoms with E-state index in [2.05, 4.69) is 39.1 Å². The van der Waals surface area contributed by atoms with Crippen LogP contribution in [-0.4, -0.2) is 54.5 Å². The fraction of sp³-hybridized carbons (Fsp3) is 0.583. The summed E-state index contributed by atoms with van der Waals surface area (Å²) in [5.41, 5.74) is 0.905. The summed E-state index contributed by atoms with van der Waals surface area (Å²) >= 11 is 0. The molecule has 1 N–H and O–H groups in total. The first kappa shape index (κ1) is 12.8. The third-order valence-corrected chi connectivity index (χ3v) is 3.28. The van der Waals surface area contributed by atoms with E-state index in [-0.39, 0.29) is 0 Å². The summed E-state index contributed by atoms with van der Waals surface area (Å²) in [5.74, 6) is 0.512. The predicted molar refractivity (Wildman–Crippen MR) is 74.5 cm³/mol. The van der Waals surface area contributed by atoms with Gasteiger partial charge in [-0.1, -0.05) is 0 Å². The number of guanidine groups is 1. The molecule has 1 fully saturated rings. The van der Waals surface area contributed by atoms with Gasteiger partial charge in [-0.15, -0.1) is 0 Å². The van der Waals surface area contributed by atoms with Gasteiger partial charge in [0, 0.05) is 13.2 Å².